The molecule has 9 rings (SSSR count). The van der Waals surface area contributed by atoms with Crippen molar-refractivity contribution in [1.29, 1.82) is 0 Å². The lowest BCUT2D eigenvalue weighted by Crippen LogP contribution is -2.73. The summed E-state index contributed by atoms with van der Waals surface area (Å²) in [5, 5.41) is 49.0. The normalized spacial score (nSPS) is 28.1. The van der Waals surface area contributed by atoms with Crippen LogP contribution in [-0.4, -0.2) is 63.5 Å². The van der Waals surface area contributed by atoms with Crippen molar-refractivity contribution >= 4 is 46.4 Å². The maximum absolute atomic E-state index is 15.8. The Labute approximate surface area is 360 Å². The van der Waals surface area contributed by atoms with Crippen LogP contribution in [0.5, 0.6) is 23.0 Å². The third-order valence-corrected chi connectivity index (χ3v) is 13.8. The fourth-order valence-corrected chi connectivity index (χ4v) is 10.9. The Morgan fingerprint density at radius 1 is 0.609 bits per heavy atom. The van der Waals surface area contributed by atoms with E-state index in [0.29, 0.717) is 54.2 Å². The number of quaternary nitrogens is 1. The Morgan fingerprint density at radius 2 is 1.09 bits per heavy atom. The molecule has 6 N–H and O–H groups in total. The van der Waals surface area contributed by atoms with Gasteiger partial charge in [-0.3, -0.25) is 14.4 Å². The minimum atomic E-state index is -6.25. The zero-order valence-corrected chi connectivity index (χ0v) is 33.5. The van der Waals surface area contributed by atoms with Crippen molar-refractivity contribution in [2.75, 3.05) is 22.7 Å². The SMILES string of the molecule is C[N+]1(c2ccccc2O)C(=O)C2C3C=CC(C3)C2C(=O)N1c1cc(C(c2ccc(O)c(NC(=O)C3C4C=CC(C4)C3C(=O)Nc3ccccc3O)c2)(C(F)(F)F)C(F)(F)F)ccc1O. The summed E-state index contributed by atoms with van der Waals surface area (Å²) >= 11 is 0. The minimum Gasteiger partial charge on any atom is -0.506 e. The number of allylic oxidation sites excluding steroid dienone is 4. The highest BCUT2D eigenvalue weighted by molar-refractivity contribution is 6.12. The number of hydrogen-bond acceptors (Lipinski definition) is 8. The molecule has 3 fully saturated rings. The lowest BCUT2D eigenvalue weighted by atomic mass is 9.72. The summed E-state index contributed by atoms with van der Waals surface area (Å²) in [5.74, 6) is -12.1. The number of nitrogens with one attached hydrogen (secondary N) is 2. The van der Waals surface area contributed by atoms with Crippen molar-refractivity contribution in [3.63, 3.8) is 0 Å². The van der Waals surface area contributed by atoms with Crippen LogP contribution in [-0.2, 0) is 24.6 Å². The van der Waals surface area contributed by atoms with Gasteiger partial charge in [0.05, 0.1) is 35.0 Å². The number of phenols is 4. The van der Waals surface area contributed by atoms with Crippen molar-refractivity contribution in [2.24, 2.45) is 47.3 Å². The van der Waals surface area contributed by atoms with Gasteiger partial charge in [-0.1, -0.05) is 60.7 Å². The van der Waals surface area contributed by atoms with E-state index in [4.69, 9.17) is 0 Å². The molecule has 0 aromatic heterocycles. The summed E-state index contributed by atoms with van der Waals surface area (Å²) in [5.41, 5.74) is -10.0. The van der Waals surface area contributed by atoms with Crippen LogP contribution in [0.4, 0.5) is 49.1 Å². The van der Waals surface area contributed by atoms with Crippen LogP contribution < -0.4 is 20.2 Å². The molecule has 1 saturated heterocycles. The van der Waals surface area contributed by atoms with Gasteiger partial charge in [-0.15, -0.1) is 9.60 Å². The fraction of sp³-hybridized carbons (Fsp3) is 0.304. The molecular weight excluding hydrogens is 851 g/mol. The number of benzene rings is 4. The van der Waals surface area contributed by atoms with E-state index in [1.807, 2.05) is 0 Å². The summed E-state index contributed by atoms with van der Waals surface area (Å²) in [6, 6.07) is 13.6. The molecule has 9 atom stereocenters. The summed E-state index contributed by atoms with van der Waals surface area (Å²) in [7, 11) is 1.16. The topological polar surface area (TPSA) is 176 Å². The Kier molecular flexibility index (Phi) is 9.70. The molecule has 9 unspecified atom stereocenters. The minimum absolute atomic E-state index is 0.0433. The second-order valence-electron chi connectivity index (χ2n) is 17.1. The van der Waals surface area contributed by atoms with Gasteiger partial charge in [0.15, 0.2) is 5.75 Å². The van der Waals surface area contributed by atoms with Gasteiger partial charge in [0.25, 0.3) is 5.91 Å². The number of phenolic OH excluding ortho intramolecular Hbond substituents is 4. The molecule has 4 aromatic carbocycles. The average molecular weight is 890 g/mol. The van der Waals surface area contributed by atoms with Gasteiger partial charge in [-0.2, -0.15) is 26.3 Å². The number of para-hydroxylation sites is 4. The Balaban J connectivity index is 1.14. The molecule has 2 saturated carbocycles. The van der Waals surface area contributed by atoms with E-state index < -0.39 is 133 Å². The molecule has 0 radical (unpaired) electrons. The largest absolute Gasteiger partial charge is 0.506 e. The van der Waals surface area contributed by atoms with Crippen LogP contribution in [0.3, 0.4) is 0 Å². The van der Waals surface area contributed by atoms with E-state index in [1.54, 1.807) is 30.4 Å². The van der Waals surface area contributed by atoms with Crippen LogP contribution in [0.15, 0.2) is 109 Å². The van der Waals surface area contributed by atoms with Crippen LogP contribution in [0, 0.1) is 47.3 Å². The van der Waals surface area contributed by atoms with E-state index in [-0.39, 0.29) is 17.1 Å². The molecule has 4 aromatic rings. The zero-order valence-electron chi connectivity index (χ0n) is 33.5. The second-order valence-corrected chi connectivity index (χ2v) is 17.1. The lowest BCUT2D eigenvalue weighted by Gasteiger charge is -2.48. The number of halogens is 6. The van der Waals surface area contributed by atoms with Gasteiger partial charge in [-0.05, 0) is 90.1 Å². The Morgan fingerprint density at radius 3 is 1.69 bits per heavy atom. The summed E-state index contributed by atoms with van der Waals surface area (Å²) in [6.45, 7) is 0. The molecule has 1 heterocycles. The number of hydrogen-bond donors (Lipinski definition) is 6. The number of rotatable bonds is 8. The van der Waals surface area contributed by atoms with E-state index in [9.17, 15) is 39.6 Å². The highest BCUT2D eigenvalue weighted by Crippen LogP contribution is 2.60. The average Bonchev–Trinajstić information content (AvgIpc) is 4.05. The van der Waals surface area contributed by atoms with E-state index in [0.717, 1.165) is 7.05 Å². The molecular formula is C46H39F6N4O8+. The molecule has 4 aliphatic carbocycles. The number of nitrogens with zero attached hydrogens (tertiary/aromatic N) is 2. The smallest absolute Gasteiger partial charge is 0.411 e. The molecule has 0 spiro atoms. The first-order chi connectivity index (χ1) is 30.2. The number of anilines is 3. The summed E-state index contributed by atoms with van der Waals surface area (Å²) < 4.78 is 93.6. The summed E-state index contributed by atoms with van der Waals surface area (Å²) in [6.07, 6.45) is -4.91. The number of amides is 4. The fourth-order valence-electron chi connectivity index (χ4n) is 10.9. The molecule has 1 aliphatic heterocycles. The zero-order chi connectivity index (χ0) is 45.8. The highest BCUT2D eigenvalue weighted by atomic mass is 19.4. The van der Waals surface area contributed by atoms with Crippen molar-refractivity contribution in [2.45, 2.75) is 30.6 Å². The van der Waals surface area contributed by atoms with Gasteiger partial charge in [-0.25, -0.2) is 4.79 Å². The first-order valence-corrected chi connectivity index (χ1v) is 20.3. The molecule has 4 amide bonds. The third-order valence-electron chi connectivity index (χ3n) is 13.8. The van der Waals surface area contributed by atoms with Gasteiger partial charge in [0.1, 0.15) is 30.0 Å². The number of carbonyl (C=O) groups is 4. The molecule has 332 valence electrons. The predicted octanol–water partition coefficient (Wildman–Crippen LogP) is 7.80. The van der Waals surface area contributed by atoms with Gasteiger partial charge in [0, 0.05) is 6.07 Å². The quantitative estimate of drug-likeness (QED) is 0.0450. The van der Waals surface area contributed by atoms with E-state index in [2.05, 4.69) is 10.6 Å². The van der Waals surface area contributed by atoms with Crippen molar-refractivity contribution in [3.8, 4) is 23.0 Å². The van der Waals surface area contributed by atoms with Gasteiger partial charge >= 0.3 is 18.3 Å². The number of aromatic hydroxyl groups is 4. The van der Waals surface area contributed by atoms with Crippen molar-refractivity contribution < 1.29 is 65.9 Å². The monoisotopic (exact) mass is 889 g/mol. The number of alkyl halides is 6. The Bertz CT molecular complexity index is 2690. The van der Waals surface area contributed by atoms with Crippen LogP contribution in [0.1, 0.15) is 24.0 Å². The first kappa shape index (κ1) is 42.5. The lowest BCUT2D eigenvalue weighted by molar-refractivity contribution is -0.288. The number of carbonyl (C=O) groups excluding carboxylic acids is 4. The molecule has 64 heavy (non-hydrogen) atoms. The maximum atomic E-state index is 15.8. The highest BCUT2D eigenvalue weighted by Gasteiger charge is 2.73. The summed E-state index contributed by atoms with van der Waals surface area (Å²) in [4.78, 5) is 57.0. The standard InChI is InChI=1S/C46H38F6N4O8/c1-56(31-7-3-5-9-35(31)60)43(64)39-25-13-12-24(19-25)38(39)42(63)55(56)30-21-27(15-17-34(30)59)44(45(47,48)49,46(50,51)52)26-14-16-33(58)29(20-26)54-41(62)37-23-11-10-22(18-23)36(37)40(61)53-28-6-2-4-8-32(28)57/h2-17,20-25,36-39H,18-19H2,1H3,(H5-,53,54,57,58,59,60,61,62)/p+1. The van der Waals surface area contributed by atoms with E-state index >= 15 is 26.3 Å². The van der Waals surface area contributed by atoms with Crippen molar-refractivity contribution in [3.05, 3.63) is 120 Å². The van der Waals surface area contributed by atoms with Crippen LogP contribution >= 0.6 is 0 Å². The van der Waals surface area contributed by atoms with Crippen molar-refractivity contribution in [1.82, 2.24) is 4.59 Å². The first-order valence-electron chi connectivity index (χ1n) is 20.3. The van der Waals surface area contributed by atoms with Gasteiger partial charge < -0.3 is 31.1 Å². The van der Waals surface area contributed by atoms with E-state index in [1.165, 1.54) is 42.5 Å². The number of fused-ring (bicyclic) bond motifs is 7. The van der Waals surface area contributed by atoms with Gasteiger partial charge in [0.2, 0.25) is 22.9 Å². The predicted molar refractivity (Wildman–Crippen MR) is 218 cm³/mol. The maximum Gasteiger partial charge on any atom is 0.411 e. The molecule has 5 aliphatic rings. The molecule has 18 heteroatoms. The molecule has 12 nitrogen and oxygen atoms in total. The van der Waals surface area contributed by atoms with Crippen LogP contribution in [0.25, 0.3) is 0 Å². The van der Waals surface area contributed by atoms with Crippen LogP contribution in [0.2, 0.25) is 0 Å². The Hall–Kier alpha value is -6.82. The third kappa shape index (κ3) is 6.08. The molecule has 4 bridgehead atoms. The second kappa shape index (κ2) is 14.6.